The van der Waals surface area contributed by atoms with Crippen LogP contribution in [0.5, 0.6) is 0 Å². The minimum atomic E-state index is -2.91. The van der Waals surface area contributed by atoms with Crippen LogP contribution in [0, 0.1) is 0 Å². The molecular weight excluding hydrogens is 294 g/mol. The highest BCUT2D eigenvalue weighted by Gasteiger charge is 2.10. The topological polar surface area (TPSA) is 96.6 Å². The quantitative estimate of drug-likeness (QED) is 0.755. The zero-order chi connectivity index (χ0) is 15.5. The standard InChI is InChI=1S/C14H17NO5S/c1-21(18,19)6-2-5-15-9-10-3-4-12-11(7-10)8-13(20-12)14(16)17/h3-4,7-8,15H,2,5-6,9H2,1H3,(H,16,17). The van der Waals surface area contributed by atoms with Gasteiger partial charge in [-0.25, -0.2) is 13.2 Å². The number of benzene rings is 1. The second-order valence-electron chi connectivity index (χ2n) is 4.95. The maximum Gasteiger partial charge on any atom is 0.371 e. The van der Waals surface area contributed by atoms with Crippen LogP contribution in [0.15, 0.2) is 28.7 Å². The van der Waals surface area contributed by atoms with Gasteiger partial charge < -0.3 is 14.8 Å². The number of nitrogens with one attached hydrogen (secondary N) is 1. The van der Waals surface area contributed by atoms with Crippen LogP contribution in [0.1, 0.15) is 22.5 Å². The molecule has 0 unspecified atom stereocenters. The summed E-state index contributed by atoms with van der Waals surface area (Å²) in [6, 6.07) is 6.93. The Morgan fingerprint density at radius 2 is 2.10 bits per heavy atom. The molecule has 0 aliphatic rings. The summed E-state index contributed by atoms with van der Waals surface area (Å²) in [4.78, 5) is 10.8. The van der Waals surface area contributed by atoms with E-state index in [9.17, 15) is 13.2 Å². The lowest BCUT2D eigenvalue weighted by molar-refractivity contribution is 0.0665. The van der Waals surface area contributed by atoms with E-state index in [1.54, 1.807) is 6.07 Å². The van der Waals surface area contributed by atoms with Gasteiger partial charge in [0.1, 0.15) is 15.4 Å². The molecule has 21 heavy (non-hydrogen) atoms. The highest BCUT2D eigenvalue weighted by atomic mass is 32.2. The molecule has 0 bridgehead atoms. The maximum atomic E-state index is 11.0. The maximum absolute atomic E-state index is 11.0. The van der Waals surface area contributed by atoms with Crippen molar-refractivity contribution in [3.8, 4) is 0 Å². The van der Waals surface area contributed by atoms with Crippen molar-refractivity contribution in [1.29, 1.82) is 0 Å². The zero-order valence-electron chi connectivity index (χ0n) is 11.6. The number of carboxylic acid groups (broad SMARTS) is 1. The van der Waals surface area contributed by atoms with Gasteiger partial charge in [-0.15, -0.1) is 0 Å². The fourth-order valence-electron chi connectivity index (χ4n) is 2.00. The number of furan rings is 1. The van der Waals surface area contributed by atoms with Crippen molar-refractivity contribution >= 4 is 26.8 Å². The lowest BCUT2D eigenvalue weighted by Crippen LogP contribution is -2.17. The molecular formula is C14H17NO5S. The molecule has 0 aliphatic carbocycles. The molecule has 1 aromatic carbocycles. The number of aromatic carboxylic acids is 1. The summed E-state index contributed by atoms with van der Waals surface area (Å²) >= 11 is 0. The monoisotopic (exact) mass is 311 g/mol. The summed E-state index contributed by atoms with van der Waals surface area (Å²) in [6.45, 7) is 1.20. The second-order valence-corrected chi connectivity index (χ2v) is 7.21. The molecule has 6 nitrogen and oxygen atoms in total. The van der Waals surface area contributed by atoms with Crippen LogP contribution in [-0.2, 0) is 16.4 Å². The van der Waals surface area contributed by atoms with E-state index in [4.69, 9.17) is 9.52 Å². The number of fused-ring (bicyclic) bond motifs is 1. The molecule has 0 radical (unpaired) electrons. The van der Waals surface area contributed by atoms with E-state index in [0.717, 1.165) is 10.9 Å². The van der Waals surface area contributed by atoms with Crippen molar-refractivity contribution in [3.05, 3.63) is 35.6 Å². The number of hydrogen-bond donors (Lipinski definition) is 2. The number of rotatable bonds is 7. The molecule has 0 aliphatic heterocycles. The number of hydrogen-bond acceptors (Lipinski definition) is 5. The smallest absolute Gasteiger partial charge is 0.371 e. The molecule has 0 amide bonds. The van der Waals surface area contributed by atoms with Gasteiger partial charge in [0.05, 0.1) is 5.75 Å². The summed E-state index contributed by atoms with van der Waals surface area (Å²) < 4.78 is 27.1. The molecule has 2 N–H and O–H groups in total. The Morgan fingerprint density at radius 1 is 1.33 bits per heavy atom. The van der Waals surface area contributed by atoms with Crippen molar-refractivity contribution in [2.24, 2.45) is 0 Å². The predicted molar refractivity (Wildman–Crippen MR) is 79.2 cm³/mol. The molecule has 114 valence electrons. The van der Waals surface area contributed by atoms with E-state index in [0.29, 0.717) is 25.1 Å². The number of carbonyl (C=O) groups is 1. The molecule has 2 rings (SSSR count). The van der Waals surface area contributed by atoms with Crippen LogP contribution >= 0.6 is 0 Å². The van der Waals surface area contributed by atoms with Gasteiger partial charge in [0, 0.05) is 18.2 Å². The summed E-state index contributed by atoms with van der Waals surface area (Å²) in [5, 5.41) is 12.8. The van der Waals surface area contributed by atoms with Crippen LogP contribution in [0.2, 0.25) is 0 Å². The summed E-state index contributed by atoms with van der Waals surface area (Å²) in [5.74, 6) is -1.00. The van der Waals surface area contributed by atoms with Crippen LogP contribution in [0.25, 0.3) is 11.0 Å². The van der Waals surface area contributed by atoms with Gasteiger partial charge in [0.25, 0.3) is 0 Å². The Hall–Kier alpha value is -1.86. The minimum absolute atomic E-state index is 0.0803. The fraction of sp³-hybridized carbons (Fsp3) is 0.357. The molecule has 0 fully saturated rings. The Balaban J connectivity index is 1.92. The van der Waals surface area contributed by atoms with Crippen molar-refractivity contribution in [1.82, 2.24) is 5.32 Å². The molecule has 7 heteroatoms. The first-order valence-corrected chi connectivity index (χ1v) is 8.55. The predicted octanol–water partition coefficient (Wildman–Crippen LogP) is 1.66. The van der Waals surface area contributed by atoms with Gasteiger partial charge in [-0.3, -0.25) is 0 Å². The van der Waals surface area contributed by atoms with Gasteiger partial charge in [0.2, 0.25) is 5.76 Å². The van der Waals surface area contributed by atoms with Gasteiger partial charge >= 0.3 is 5.97 Å². The van der Waals surface area contributed by atoms with Crippen molar-refractivity contribution in [2.45, 2.75) is 13.0 Å². The first kappa shape index (κ1) is 15.5. The SMILES string of the molecule is CS(=O)(=O)CCCNCc1ccc2oc(C(=O)O)cc2c1. The first-order chi connectivity index (χ1) is 9.85. The van der Waals surface area contributed by atoms with E-state index in [1.165, 1.54) is 12.3 Å². The largest absolute Gasteiger partial charge is 0.475 e. The minimum Gasteiger partial charge on any atom is -0.475 e. The summed E-state index contributed by atoms with van der Waals surface area (Å²) in [7, 11) is -2.91. The lowest BCUT2D eigenvalue weighted by atomic mass is 10.1. The average molecular weight is 311 g/mol. The fourth-order valence-corrected chi connectivity index (χ4v) is 2.67. The number of carboxylic acids is 1. The van der Waals surface area contributed by atoms with Gasteiger partial charge in [-0.2, -0.15) is 0 Å². The first-order valence-electron chi connectivity index (χ1n) is 6.49. The van der Waals surface area contributed by atoms with Gasteiger partial charge in [-0.1, -0.05) is 6.07 Å². The zero-order valence-corrected chi connectivity index (χ0v) is 12.4. The summed E-state index contributed by atoms with van der Waals surface area (Å²) in [5.41, 5.74) is 1.52. The van der Waals surface area contributed by atoms with E-state index in [1.807, 2.05) is 12.1 Å². The van der Waals surface area contributed by atoms with E-state index in [2.05, 4.69) is 5.32 Å². The third kappa shape index (κ3) is 4.57. The Kier molecular flexibility index (Phi) is 4.64. The molecule has 1 aromatic heterocycles. The highest BCUT2D eigenvalue weighted by molar-refractivity contribution is 7.90. The Morgan fingerprint density at radius 3 is 2.76 bits per heavy atom. The Labute approximate surface area is 122 Å². The van der Waals surface area contributed by atoms with E-state index in [-0.39, 0.29) is 11.5 Å². The van der Waals surface area contributed by atoms with Gasteiger partial charge in [-0.05, 0) is 36.7 Å². The molecule has 0 atom stereocenters. The van der Waals surface area contributed by atoms with Crippen LogP contribution in [0.4, 0.5) is 0 Å². The van der Waals surface area contributed by atoms with Gasteiger partial charge in [0.15, 0.2) is 0 Å². The normalized spacial score (nSPS) is 11.9. The highest BCUT2D eigenvalue weighted by Crippen LogP contribution is 2.20. The third-order valence-corrected chi connectivity index (χ3v) is 4.02. The third-order valence-electron chi connectivity index (χ3n) is 2.99. The molecule has 0 saturated carbocycles. The average Bonchev–Trinajstić information content (AvgIpc) is 2.80. The van der Waals surface area contributed by atoms with Crippen molar-refractivity contribution in [2.75, 3.05) is 18.6 Å². The van der Waals surface area contributed by atoms with Crippen molar-refractivity contribution < 1.29 is 22.7 Å². The Bertz CT molecular complexity index is 748. The summed E-state index contributed by atoms with van der Waals surface area (Å²) in [6.07, 6.45) is 1.79. The van der Waals surface area contributed by atoms with Crippen molar-refractivity contribution in [3.63, 3.8) is 0 Å². The van der Waals surface area contributed by atoms with Crippen LogP contribution in [-0.4, -0.2) is 38.0 Å². The van der Waals surface area contributed by atoms with E-state index < -0.39 is 15.8 Å². The molecule has 0 spiro atoms. The molecule has 0 saturated heterocycles. The van der Waals surface area contributed by atoms with E-state index >= 15 is 0 Å². The lowest BCUT2D eigenvalue weighted by Gasteiger charge is -2.04. The molecule has 2 aromatic rings. The second kappa shape index (κ2) is 6.28. The number of sulfone groups is 1. The van der Waals surface area contributed by atoms with Crippen LogP contribution < -0.4 is 5.32 Å². The van der Waals surface area contributed by atoms with Crippen LogP contribution in [0.3, 0.4) is 0 Å². The molecule has 1 heterocycles.